The summed E-state index contributed by atoms with van der Waals surface area (Å²) in [5, 5.41) is 13.2. The number of benzene rings is 2. The second-order valence-electron chi connectivity index (χ2n) is 4.17. The fraction of sp³-hybridized carbons (Fsp3) is 0.143. The highest BCUT2D eigenvalue weighted by atomic mass is 16.3. The molecule has 3 heteroatoms. The first kappa shape index (κ1) is 10.2. The molecule has 1 N–H and O–H groups in total. The smallest absolute Gasteiger partial charge is 0.147 e. The SMILES string of the molecule is O=NC1c2ccccc2-c2ccccc2C1O. The number of nitroso groups, excluding NO2 is 1. The summed E-state index contributed by atoms with van der Waals surface area (Å²) in [6.45, 7) is 0. The Morgan fingerprint density at radius 2 is 1.41 bits per heavy atom. The van der Waals surface area contributed by atoms with Crippen LogP contribution in [0.5, 0.6) is 0 Å². The Labute approximate surface area is 98.7 Å². The molecule has 0 spiro atoms. The van der Waals surface area contributed by atoms with Crippen LogP contribution in [0.2, 0.25) is 0 Å². The Hall–Kier alpha value is -2.00. The van der Waals surface area contributed by atoms with Crippen LogP contribution in [0.15, 0.2) is 53.7 Å². The maximum absolute atomic E-state index is 10.9. The van der Waals surface area contributed by atoms with Crippen LogP contribution < -0.4 is 0 Å². The van der Waals surface area contributed by atoms with Gasteiger partial charge < -0.3 is 5.11 Å². The molecule has 3 rings (SSSR count). The molecular formula is C14H11NO2. The van der Waals surface area contributed by atoms with E-state index in [-0.39, 0.29) is 0 Å². The predicted molar refractivity (Wildman–Crippen MR) is 65.4 cm³/mol. The standard InChI is InChI=1S/C14H11NO2/c16-14-12-8-4-2-6-10(12)9-5-1-3-7-11(9)13(14)15-17/h1-8,13-14,16H. The summed E-state index contributed by atoms with van der Waals surface area (Å²) in [7, 11) is 0. The molecule has 3 nitrogen and oxygen atoms in total. The first-order chi connectivity index (χ1) is 8.33. The largest absolute Gasteiger partial charge is 0.386 e. The lowest BCUT2D eigenvalue weighted by Crippen LogP contribution is -2.15. The lowest BCUT2D eigenvalue weighted by atomic mass is 9.81. The normalized spacial score (nSPS) is 21.5. The Kier molecular flexibility index (Phi) is 2.27. The molecular weight excluding hydrogens is 214 g/mol. The molecule has 2 unspecified atom stereocenters. The van der Waals surface area contributed by atoms with E-state index < -0.39 is 12.1 Å². The minimum Gasteiger partial charge on any atom is -0.386 e. The van der Waals surface area contributed by atoms with Crippen molar-refractivity contribution in [1.82, 2.24) is 0 Å². The second-order valence-corrected chi connectivity index (χ2v) is 4.17. The molecule has 0 saturated carbocycles. The zero-order chi connectivity index (χ0) is 11.8. The van der Waals surface area contributed by atoms with Gasteiger partial charge in [0, 0.05) is 0 Å². The average Bonchev–Trinajstić information content (AvgIpc) is 2.40. The van der Waals surface area contributed by atoms with Gasteiger partial charge in [0.1, 0.15) is 12.1 Å². The van der Waals surface area contributed by atoms with Crippen LogP contribution in [0.3, 0.4) is 0 Å². The molecule has 2 atom stereocenters. The van der Waals surface area contributed by atoms with Crippen LogP contribution in [0.25, 0.3) is 11.1 Å². The molecule has 2 aromatic rings. The number of nitrogens with zero attached hydrogens (tertiary/aromatic N) is 1. The zero-order valence-corrected chi connectivity index (χ0v) is 9.08. The van der Waals surface area contributed by atoms with Gasteiger partial charge in [-0.1, -0.05) is 53.7 Å². The quantitative estimate of drug-likeness (QED) is 0.757. The molecule has 0 aliphatic heterocycles. The molecule has 0 bridgehead atoms. The summed E-state index contributed by atoms with van der Waals surface area (Å²) in [6, 6.07) is 14.5. The van der Waals surface area contributed by atoms with Crippen molar-refractivity contribution in [2.24, 2.45) is 5.18 Å². The Morgan fingerprint density at radius 1 is 0.882 bits per heavy atom. The molecule has 1 aliphatic carbocycles. The van der Waals surface area contributed by atoms with Crippen molar-refractivity contribution in [3.8, 4) is 11.1 Å². The van der Waals surface area contributed by atoms with Gasteiger partial charge in [-0.25, -0.2) is 0 Å². The van der Waals surface area contributed by atoms with Crippen molar-refractivity contribution < 1.29 is 5.11 Å². The second kappa shape index (κ2) is 3.79. The Balaban J connectivity index is 2.32. The highest BCUT2D eigenvalue weighted by Crippen LogP contribution is 2.45. The monoisotopic (exact) mass is 225 g/mol. The number of hydrogen-bond acceptors (Lipinski definition) is 3. The van der Waals surface area contributed by atoms with Crippen molar-refractivity contribution in [1.29, 1.82) is 0 Å². The number of aliphatic hydroxyl groups excluding tert-OH is 1. The van der Waals surface area contributed by atoms with Gasteiger partial charge in [-0.15, -0.1) is 0 Å². The zero-order valence-electron chi connectivity index (χ0n) is 9.08. The predicted octanol–water partition coefficient (Wildman–Crippen LogP) is 3.21. The van der Waals surface area contributed by atoms with E-state index in [2.05, 4.69) is 5.18 Å². The fourth-order valence-corrected chi connectivity index (χ4v) is 2.45. The van der Waals surface area contributed by atoms with Crippen molar-refractivity contribution in [3.63, 3.8) is 0 Å². The van der Waals surface area contributed by atoms with E-state index in [0.29, 0.717) is 0 Å². The third kappa shape index (κ3) is 1.40. The number of rotatable bonds is 1. The Morgan fingerprint density at radius 3 is 2.06 bits per heavy atom. The number of hydrogen-bond donors (Lipinski definition) is 1. The summed E-state index contributed by atoms with van der Waals surface area (Å²) < 4.78 is 0. The van der Waals surface area contributed by atoms with Gasteiger partial charge in [-0.3, -0.25) is 0 Å². The van der Waals surface area contributed by atoms with Crippen LogP contribution in [0.1, 0.15) is 23.3 Å². The first-order valence-electron chi connectivity index (χ1n) is 5.51. The molecule has 84 valence electrons. The average molecular weight is 225 g/mol. The van der Waals surface area contributed by atoms with Crippen molar-refractivity contribution >= 4 is 0 Å². The van der Waals surface area contributed by atoms with E-state index in [1.165, 1.54) is 0 Å². The van der Waals surface area contributed by atoms with E-state index in [1.807, 2.05) is 48.5 Å². The van der Waals surface area contributed by atoms with Crippen molar-refractivity contribution in [3.05, 3.63) is 64.6 Å². The van der Waals surface area contributed by atoms with Gasteiger partial charge in [-0.2, -0.15) is 4.91 Å². The maximum atomic E-state index is 10.9. The first-order valence-corrected chi connectivity index (χ1v) is 5.51. The molecule has 0 fully saturated rings. The van der Waals surface area contributed by atoms with Crippen molar-refractivity contribution in [2.75, 3.05) is 0 Å². The minimum absolute atomic E-state index is 0.707. The molecule has 0 radical (unpaired) electrons. The van der Waals surface area contributed by atoms with Crippen molar-refractivity contribution in [2.45, 2.75) is 12.1 Å². The van der Waals surface area contributed by atoms with Gasteiger partial charge in [0.05, 0.1) is 0 Å². The van der Waals surface area contributed by atoms with Gasteiger partial charge in [0.25, 0.3) is 0 Å². The Bertz CT molecular complexity index is 580. The molecule has 17 heavy (non-hydrogen) atoms. The molecule has 0 heterocycles. The van der Waals surface area contributed by atoms with E-state index in [1.54, 1.807) is 0 Å². The van der Waals surface area contributed by atoms with E-state index >= 15 is 0 Å². The van der Waals surface area contributed by atoms with Crippen LogP contribution in [0.4, 0.5) is 0 Å². The van der Waals surface area contributed by atoms with Gasteiger partial charge >= 0.3 is 0 Å². The summed E-state index contributed by atoms with van der Waals surface area (Å²) >= 11 is 0. The lowest BCUT2D eigenvalue weighted by Gasteiger charge is -2.27. The molecule has 2 aromatic carbocycles. The number of aliphatic hydroxyl groups is 1. The lowest BCUT2D eigenvalue weighted by molar-refractivity contribution is 0.146. The van der Waals surface area contributed by atoms with Gasteiger partial charge in [0.2, 0.25) is 0 Å². The summed E-state index contributed by atoms with van der Waals surface area (Å²) in [5.41, 5.74) is 3.54. The minimum atomic E-state index is -0.849. The fourth-order valence-electron chi connectivity index (χ4n) is 2.45. The van der Waals surface area contributed by atoms with E-state index in [4.69, 9.17) is 0 Å². The molecule has 0 saturated heterocycles. The van der Waals surface area contributed by atoms with Gasteiger partial charge in [-0.05, 0) is 22.3 Å². The van der Waals surface area contributed by atoms with Crippen LogP contribution in [-0.2, 0) is 0 Å². The maximum Gasteiger partial charge on any atom is 0.147 e. The summed E-state index contributed by atoms with van der Waals surface area (Å²) in [6.07, 6.45) is -0.849. The molecule has 0 aromatic heterocycles. The van der Waals surface area contributed by atoms with Crippen LogP contribution in [-0.4, -0.2) is 5.11 Å². The molecule has 1 aliphatic rings. The van der Waals surface area contributed by atoms with E-state index in [9.17, 15) is 10.0 Å². The highest BCUT2D eigenvalue weighted by molar-refractivity contribution is 5.74. The van der Waals surface area contributed by atoms with Crippen LogP contribution in [0, 0.1) is 4.91 Å². The van der Waals surface area contributed by atoms with Crippen LogP contribution >= 0.6 is 0 Å². The highest BCUT2D eigenvalue weighted by Gasteiger charge is 2.32. The summed E-state index contributed by atoms with van der Waals surface area (Å²) in [4.78, 5) is 10.9. The van der Waals surface area contributed by atoms with Gasteiger partial charge in [0.15, 0.2) is 0 Å². The number of fused-ring (bicyclic) bond motifs is 3. The third-order valence-corrected chi connectivity index (χ3v) is 3.26. The third-order valence-electron chi connectivity index (χ3n) is 3.26. The summed E-state index contributed by atoms with van der Waals surface area (Å²) in [5.74, 6) is 0. The topological polar surface area (TPSA) is 49.7 Å². The molecule has 0 amide bonds. The van der Waals surface area contributed by atoms with E-state index in [0.717, 1.165) is 22.3 Å².